The van der Waals surface area contributed by atoms with Crippen LogP contribution in [-0.4, -0.2) is 42.5 Å². The first-order chi connectivity index (χ1) is 7.43. The van der Waals surface area contributed by atoms with Gasteiger partial charge in [-0.25, -0.2) is 4.79 Å². The van der Waals surface area contributed by atoms with Gasteiger partial charge in [-0.3, -0.25) is 4.79 Å². The van der Waals surface area contributed by atoms with E-state index in [0.717, 1.165) is 0 Å². The number of esters is 1. The Morgan fingerprint density at radius 1 is 1.31 bits per heavy atom. The van der Waals surface area contributed by atoms with Gasteiger partial charge in [-0.15, -0.1) is 0 Å². The maximum Gasteiger partial charge on any atom is 0.332 e. The summed E-state index contributed by atoms with van der Waals surface area (Å²) >= 11 is 0. The van der Waals surface area contributed by atoms with Crippen LogP contribution in [0.15, 0.2) is 0 Å². The van der Waals surface area contributed by atoms with Crippen LogP contribution in [0, 0.1) is 5.92 Å². The molecule has 1 atom stereocenters. The molecule has 0 aliphatic carbocycles. The number of hydrogen-bond acceptors (Lipinski definition) is 4. The highest BCUT2D eigenvalue weighted by molar-refractivity contribution is 6.01. The molecule has 1 unspecified atom stereocenters. The molecule has 0 aromatic rings. The lowest BCUT2D eigenvalue weighted by molar-refractivity contribution is -0.151. The molecular weight excluding hydrogens is 208 g/mol. The normalized spacial score (nSPS) is 12.4. The van der Waals surface area contributed by atoms with Crippen LogP contribution in [0.25, 0.3) is 0 Å². The Morgan fingerprint density at radius 3 is 2.25 bits per heavy atom. The second-order valence-corrected chi connectivity index (χ2v) is 4.00. The summed E-state index contributed by atoms with van der Waals surface area (Å²) in [6, 6.07) is -1.20. The van der Waals surface area contributed by atoms with Crippen LogP contribution in [0.4, 0.5) is 0 Å². The predicted molar refractivity (Wildman–Crippen MR) is 61.7 cm³/mol. The number of rotatable bonds is 6. The second-order valence-electron chi connectivity index (χ2n) is 4.00. The molecule has 0 bridgehead atoms. The molecule has 0 fully saturated rings. The summed E-state index contributed by atoms with van der Waals surface area (Å²) in [6.07, 6.45) is 0. The van der Waals surface area contributed by atoms with Crippen molar-refractivity contribution < 1.29 is 14.3 Å². The van der Waals surface area contributed by atoms with Crippen molar-refractivity contribution in [3.05, 3.63) is 0 Å². The fourth-order valence-corrected chi connectivity index (χ4v) is 1.35. The van der Waals surface area contributed by atoms with Gasteiger partial charge in [0.25, 0.3) is 5.91 Å². The van der Waals surface area contributed by atoms with Crippen molar-refractivity contribution in [2.75, 3.05) is 19.7 Å². The zero-order valence-electron chi connectivity index (χ0n) is 10.5. The SMILES string of the molecule is CCOC(=O)C(N)C(=O)N(CC)CC(C)C. The molecule has 94 valence electrons. The topological polar surface area (TPSA) is 72.6 Å². The molecule has 0 spiro atoms. The minimum absolute atomic E-state index is 0.232. The van der Waals surface area contributed by atoms with Gasteiger partial charge in [0.05, 0.1) is 6.61 Å². The summed E-state index contributed by atoms with van der Waals surface area (Å²) in [5.41, 5.74) is 5.53. The molecule has 0 aliphatic rings. The van der Waals surface area contributed by atoms with Gasteiger partial charge < -0.3 is 15.4 Å². The maximum atomic E-state index is 11.8. The second kappa shape index (κ2) is 7.22. The third-order valence-corrected chi connectivity index (χ3v) is 2.09. The number of nitrogens with two attached hydrogens (primary N) is 1. The first-order valence-corrected chi connectivity index (χ1v) is 5.64. The number of amides is 1. The van der Waals surface area contributed by atoms with Crippen molar-refractivity contribution in [1.29, 1.82) is 0 Å². The Bertz CT molecular complexity index is 241. The van der Waals surface area contributed by atoms with Crippen LogP contribution in [0.5, 0.6) is 0 Å². The molecule has 16 heavy (non-hydrogen) atoms. The van der Waals surface area contributed by atoms with Gasteiger partial charge in [0.2, 0.25) is 0 Å². The van der Waals surface area contributed by atoms with Crippen LogP contribution in [0.1, 0.15) is 27.7 Å². The van der Waals surface area contributed by atoms with Crippen molar-refractivity contribution >= 4 is 11.9 Å². The standard InChI is InChI=1S/C11H22N2O3/c1-5-13(7-8(3)4)10(14)9(12)11(15)16-6-2/h8-9H,5-7,12H2,1-4H3. The number of carbonyl (C=O) groups excluding carboxylic acids is 2. The first kappa shape index (κ1) is 14.9. The van der Waals surface area contributed by atoms with Gasteiger partial charge in [-0.2, -0.15) is 0 Å². The molecule has 0 heterocycles. The molecule has 0 aliphatic heterocycles. The van der Waals surface area contributed by atoms with E-state index in [1.165, 1.54) is 0 Å². The third-order valence-electron chi connectivity index (χ3n) is 2.09. The summed E-state index contributed by atoms with van der Waals surface area (Å²) < 4.78 is 4.71. The number of nitrogens with zero attached hydrogens (tertiary/aromatic N) is 1. The van der Waals surface area contributed by atoms with Gasteiger partial charge in [0.15, 0.2) is 6.04 Å². The minimum Gasteiger partial charge on any atom is -0.464 e. The van der Waals surface area contributed by atoms with Crippen LogP contribution in [0.3, 0.4) is 0 Å². The Kier molecular flexibility index (Phi) is 6.72. The largest absolute Gasteiger partial charge is 0.464 e. The lowest BCUT2D eigenvalue weighted by atomic mass is 10.2. The predicted octanol–water partition coefficient (Wildman–Crippen LogP) is 0.381. The van der Waals surface area contributed by atoms with Crippen LogP contribution in [0.2, 0.25) is 0 Å². The highest BCUT2D eigenvalue weighted by Crippen LogP contribution is 2.01. The summed E-state index contributed by atoms with van der Waals surface area (Å²) in [5.74, 6) is -0.678. The van der Waals surface area contributed by atoms with Gasteiger partial charge in [0, 0.05) is 13.1 Å². The lowest BCUT2D eigenvalue weighted by Gasteiger charge is -2.25. The molecule has 1 amide bonds. The van der Waals surface area contributed by atoms with Gasteiger partial charge in [-0.05, 0) is 19.8 Å². The van der Waals surface area contributed by atoms with Gasteiger partial charge in [-0.1, -0.05) is 13.8 Å². The Hall–Kier alpha value is -1.10. The van der Waals surface area contributed by atoms with E-state index in [4.69, 9.17) is 10.5 Å². The smallest absolute Gasteiger partial charge is 0.332 e. The number of ether oxygens (including phenoxy) is 1. The summed E-state index contributed by atoms with van der Waals surface area (Å²) in [5, 5.41) is 0. The fourth-order valence-electron chi connectivity index (χ4n) is 1.35. The maximum absolute atomic E-state index is 11.8. The monoisotopic (exact) mass is 230 g/mol. The molecule has 0 aromatic carbocycles. The number of likely N-dealkylation sites (N-methyl/N-ethyl adjacent to an activating group) is 1. The van der Waals surface area contributed by atoms with Crippen molar-refractivity contribution in [3.8, 4) is 0 Å². The van der Waals surface area contributed by atoms with Crippen LogP contribution >= 0.6 is 0 Å². The Balaban J connectivity index is 4.43. The highest BCUT2D eigenvalue weighted by Gasteiger charge is 2.27. The molecule has 2 N–H and O–H groups in total. The van der Waals surface area contributed by atoms with Crippen molar-refractivity contribution in [1.82, 2.24) is 4.90 Å². The molecule has 0 aromatic heterocycles. The van der Waals surface area contributed by atoms with E-state index in [0.29, 0.717) is 19.0 Å². The van der Waals surface area contributed by atoms with Crippen molar-refractivity contribution in [2.45, 2.75) is 33.7 Å². The first-order valence-electron chi connectivity index (χ1n) is 5.64. The van der Waals surface area contributed by atoms with Crippen LogP contribution < -0.4 is 5.73 Å². The molecule has 0 saturated carbocycles. The molecular formula is C11H22N2O3. The Labute approximate surface area is 96.9 Å². The van der Waals surface area contributed by atoms with E-state index in [1.807, 2.05) is 20.8 Å². The molecule has 0 rings (SSSR count). The van der Waals surface area contributed by atoms with E-state index >= 15 is 0 Å². The fraction of sp³-hybridized carbons (Fsp3) is 0.818. The van der Waals surface area contributed by atoms with Crippen molar-refractivity contribution in [2.24, 2.45) is 11.7 Å². The third kappa shape index (κ3) is 4.61. The number of carbonyl (C=O) groups is 2. The summed E-state index contributed by atoms with van der Waals surface area (Å²) in [7, 11) is 0. The van der Waals surface area contributed by atoms with E-state index in [1.54, 1.807) is 11.8 Å². The molecule has 0 radical (unpaired) electrons. The van der Waals surface area contributed by atoms with Gasteiger partial charge in [0.1, 0.15) is 0 Å². The van der Waals surface area contributed by atoms with E-state index in [9.17, 15) is 9.59 Å². The van der Waals surface area contributed by atoms with Crippen LogP contribution in [-0.2, 0) is 14.3 Å². The quantitative estimate of drug-likeness (QED) is 0.529. The summed E-state index contributed by atoms with van der Waals surface area (Å²) in [4.78, 5) is 24.7. The summed E-state index contributed by atoms with van der Waals surface area (Å²) in [6.45, 7) is 8.93. The van der Waals surface area contributed by atoms with Gasteiger partial charge >= 0.3 is 5.97 Å². The highest BCUT2D eigenvalue weighted by atomic mass is 16.5. The lowest BCUT2D eigenvalue weighted by Crippen LogP contribution is -2.49. The molecule has 5 heteroatoms. The Morgan fingerprint density at radius 2 is 1.88 bits per heavy atom. The number of hydrogen-bond donors (Lipinski definition) is 1. The zero-order valence-corrected chi connectivity index (χ0v) is 10.5. The molecule has 0 saturated heterocycles. The minimum atomic E-state index is -1.20. The zero-order chi connectivity index (χ0) is 12.7. The van der Waals surface area contributed by atoms with E-state index < -0.39 is 12.0 Å². The average molecular weight is 230 g/mol. The van der Waals surface area contributed by atoms with E-state index in [2.05, 4.69) is 0 Å². The molecule has 5 nitrogen and oxygen atoms in total. The average Bonchev–Trinajstić information content (AvgIpc) is 2.23. The van der Waals surface area contributed by atoms with E-state index in [-0.39, 0.29) is 12.5 Å². The van der Waals surface area contributed by atoms with Crippen molar-refractivity contribution in [3.63, 3.8) is 0 Å².